The summed E-state index contributed by atoms with van der Waals surface area (Å²) in [6, 6.07) is 6.53. The lowest BCUT2D eigenvalue weighted by atomic mass is 9.93. The fourth-order valence-electron chi connectivity index (χ4n) is 5.04. The van der Waals surface area contributed by atoms with Crippen LogP contribution in [0.5, 0.6) is 0 Å². The first-order valence-electron chi connectivity index (χ1n) is 20.4. The molecule has 0 atom stereocenters. The van der Waals surface area contributed by atoms with Crippen molar-refractivity contribution in [2.75, 3.05) is 39.6 Å². The number of carboxylic acids is 2. The summed E-state index contributed by atoms with van der Waals surface area (Å²) in [6.07, 6.45) is 27.4. The monoisotopic (exact) mass is 789 g/mol. The van der Waals surface area contributed by atoms with Crippen LogP contribution in [0.15, 0.2) is 24.3 Å². The van der Waals surface area contributed by atoms with Gasteiger partial charge in [0.2, 0.25) is 0 Å². The van der Waals surface area contributed by atoms with Crippen LogP contribution in [0.4, 0.5) is 0 Å². The summed E-state index contributed by atoms with van der Waals surface area (Å²) >= 11 is 0. The normalized spacial score (nSPS) is 11.3. The Morgan fingerprint density at radius 2 is 0.727 bits per heavy atom. The molecule has 0 spiro atoms. The fourth-order valence-corrected chi connectivity index (χ4v) is 5.04. The highest BCUT2D eigenvalue weighted by Crippen LogP contribution is 2.18. The molecule has 0 radical (unpaired) electrons. The zero-order chi connectivity index (χ0) is 42.0. The second-order valence-electron chi connectivity index (χ2n) is 13.8. The van der Waals surface area contributed by atoms with Crippen molar-refractivity contribution in [3.63, 3.8) is 0 Å². The van der Waals surface area contributed by atoms with Gasteiger partial charge in [0.25, 0.3) is 0 Å². The average Bonchev–Trinajstić information content (AvgIpc) is 3.48. The molecule has 1 aromatic rings. The number of carboxylic acid groups (broad SMARTS) is 2. The number of esters is 2. The Kier molecular flexibility index (Phi) is 43.3. The zero-order valence-corrected chi connectivity index (χ0v) is 33.9. The molecule has 2 rings (SSSR count). The van der Waals surface area contributed by atoms with Gasteiger partial charge in [-0.05, 0) is 25.0 Å². The summed E-state index contributed by atoms with van der Waals surface area (Å²) in [5, 5.41) is 66.1. The molecule has 55 heavy (non-hydrogen) atoms. The average molecular weight is 789 g/mol. The van der Waals surface area contributed by atoms with E-state index in [1.54, 1.807) is 24.3 Å². The maximum Gasteiger partial charge on any atom is 0.346 e. The maximum absolute atomic E-state index is 10.8. The molecule has 1 aromatic carbocycles. The number of hydrogen-bond donors (Lipinski definition) is 8. The van der Waals surface area contributed by atoms with Crippen LogP contribution in [0, 0.1) is 5.41 Å². The Hall–Kier alpha value is -2.94. The number of hydrogen-bond acceptors (Lipinski definition) is 11. The van der Waals surface area contributed by atoms with Crippen molar-refractivity contribution in [1.82, 2.24) is 0 Å². The first-order chi connectivity index (χ1) is 26.5. The topological polar surface area (TPSA) is 239 Å². The van der Waals surface area contributed by atoms with Crippen molar-refractivity contribution in [3.8, 4) is 0 Å². The second kappa shape index (κ2) is 42.2. The first kappa shape index (κ1) is 56.4. The third-order valence-electron chi connectivity index (χ3n) is 8.73. The second-order valence-corrected chi connectivity index (χ2v) is 13.8. The molecule has 0 saturated heterocycles. The van der Waals surface area contributed by atoms with Crippen molar-refractivity contribution >= 4 is 23.9 Å². The zero-order valence-electron chi connectivity index (χ0n) is 33.9. The van der Waals surface area contributed by atoms with E-state index in [4.69, 9.17) is 40.9 Å². The van der Waals surface area contributed by atoms with E-state index in [9.17, 15) is 19.2 Å². The number of cyclic esters (lactones) is 2. The Morgan fingerprint density at radius 3 is 0.927 bits per heavy atom. The minimum absolute atomic E-state index is 0.125. The van der Waals surface area contributed by atoms with Crippen LogP contribution >= 0.6 is 0 Å². The molecule has 0 bridgehead atoms. The van der Waals surface area contributed by atoms with Gasteiger partial charge in [0.15, 0.2) is 0 Å². The number of aliphatic carboxylic acids is 2. The smallest absolute Gasteiger partial charge is 0.346 e. The van der Waals surface area contributed by atoms with E-state index in [2.05, 4.69) is 18.6 Å². The number of aliphatic hydroxyl groups is 6. The van der Waals surface area contributed by atoms with Gasteiger partial charge < -0.3 is 45.6 Å². The highest BCUT2D eigenvalue weighted by Gasteiger charge is 2.28. The molecule has 0 amide bonds. The summed E-state index contributed by atoms with van der Waals surface area (Å²) in [5.41, 5.74) is -0.394. The molecular formula is C42H76O13. The minimum Gasteiger partial charge on any atom is -0.481 e. The maximum atomic E-state index is 10.8. The molecular weight excluding hydrogens is 712 g/mol. The Morgan fingerprint density at radius 1 is 0.473 bits per heavy atom. The van der Waals surface area contributed by atoms with E-state index in [1.165, 1.54) is 109 Å². The van der Waals surface area contributed by atoms with Crippen LogP contribution in [0.2, 0.25) is 0 Å². The lowest BCUT2D eigenvalue weighted by molar-refractivity contribution is -0.138. The lowest BCUT2D eigenvalue weighted by Gasteiger charge is -2.23. The van der Waals surface area contributed by atoms with E-state index in [0.717, 1.165) is 25.7 Å². The number of benzene rings is 1. The van der Waals surface area contributed by atoms with Gasteiger partial charge in [-0.15, -0.1) is 0 Å². The largest absolute Gasteiger partial charge is 0.481 e. The predicted molar refractivity (Wildman–Crippen MR) is 214 cm³/mol. The van der Waals surface area contributed by atoms with Crippen LogP contribution in [0.1, 0.15) is 182 Å². The number of unbranched alkanes of at least 4 members (excludes halogenated alkanes) is 19. The molecule has 1 heterocycles. The number of ether oxygens (including phenoxy) is 1. The molecule has 8 N–H and O–H groups in total. The van der Waals surface area contributed by atoms with Gasteiger partial charge in [0, 0.05) is 12.8 Å². The predicted octanol–water partition coefficient (Wildman–Crippen LogP) is 7.06. The van der Waals surface area contributed by atoms with E-state index < -0.39 is 55.7 Å². The van der Waals surface area contributed by atoms with Crippen LogP contribution < -0.4 is 0 Å². The highest BCUT2D eigenvalue weighted by molar-refractivity contribution is 6.14. The quantitative estimate of drug-likeness (QED) is 0.0241. The third-order valence-corrected chi connectivity index (χ3v) is 8.73. The molecule has 13 nitrogen and oxygen atoms in total. The van der Waals surface area contributed by atoms with Crippen LogP contribution in [-0.2, 0) is 14.3 Å². The molecule has 0 fully saturated rings. The molecule has 322 valence electrons. The van der Waals surface area contributed by atoms with Crippen LogP contribution in [0.25, 0.3) is 0 Å². The van der Waals surface area contributed by atoms with Gasteiger partial charge in [0.05, 0.1) is 56.2 Å². The SMILES string of the molecule is CCCCCCCCC(=O)O.CCCCCCCCCCCCCCCCCC(=O)O.O=C1OC(=O)c2ccccc21.OCC(CO)(CO)CO.OCCO. The third kappa shape index (κ3) is 36.5. The van der Waals surface area contributed by atoms with Gasteiger partial charge in [-0.3, -0.25) is 9.59 Å². The lowest BCUT2D eigenvalue weighted by Crippen LogP contribution is -2.37. The van der Waals surface area contributed by atoms with E-state index >= 15 is 0 Å². The van der Waals surface area contributed by atoms with Crippen molar-refractivity contribution in [3.05, 3.63) is 35.4 Å². The molecule has 13 heteroatoms. The van der Waals surface area contributed by atoms with Gasteiger partial charge in [-0.1, -0.05) is 148 Å². The standard InChI is InChI=1S/C18H36O2.C9H18O2.C8H4O3.C5H12O4.C2H6O2/c1-2-3-4-5-6-7-8-9-10-11-12-13-14-15-16-17-18(19)20;1-2-3-4-5-6-7-8-9(10)11;9-7-5-3-1-2-4-6(5)8(10)11-7;6-1-5(2-7,3-8)4-9;3-1-2-4/h2-17H2,1H3,(H,19,20);2-8H2,1H3,(H,10,11);1-4H;6-9H,1-4H2;3-4H,1-2H2. The number of carbonyl (C=O) groups is 4. The Balaban J connectivity index is -0.000000663. The summed E-state index contributed by atoms with van der Waals surface area (Å²) in [6.45, 7) is 2.57. The fraction of sp³-hybridized carbons (Fsp3) is 0.762. The van der Waals surface area contributed by atoms with Crippen molar-refractivity contribution < 1.29 is 64.8 Å². The van der Waals surface area contributed by atoms with Gasteiger partial charge in [-0.25, -0.2) is 9.59 Å². The van der Waals surface area contributed by atoms with E-state index in [-0.39, 0.29) is 13.2 Å². The van der Waals surface area contributed by atoms with Gasteiger partial charge in [0.1, 0.15) is 0 Å². The summed E-state index contributed by atoms with van der Waals surface area (Å²) in [5.74, 6) is -2.42. The molecule has 0 saturated carbocycles. The summed E-state index contributed by atoms with van der Waals surface area (Å²) < 4.78 is 4.35. The van der Waals surface area contributed by atoms with Gasteiger partial charge in [-0.2, -0.15) is 0 Å². The van der Waals surface area contributed by atoms with Crippen LogP contribution in [0.3, 0.4) is 0 Å². The van der Waals surface area contributed by atoms with E-state index in [1.807, 2.05) is 0 Å². The number of aliphatic hydroxyl groups excluding tert-OH is 6. The Bertz CT molecular complexity index is 992. The highest BCUT2D eigenvalue weighted by atomic mass is 16.6. The van der Waals surface area contributed by atoms with Crippen molar-refractivity contribution in [2.45, 2.75) is 162 Å². The minimum atomic E-state index is -1.11. The van der Waals surface area contributed by atoms with Crippen molar-refractivity contribution in [2.24, 2.45) is 5.41 Å². The summed E-state index contributed by atoms with van der Waals surface area (Å²) in [4.78, 5) is 42.1. The number of rotatable bonds is 28. The first-order valence-corrected chi connectivity index (χ1v) is 20.4. The molecule has 0 unspecified atom stereocenters. The summed E-state index contributed by atoms with van der Waals surface area (Å²) in [7, 11) is 0. The molecule has 0 aliphatic carbocycles. The number of fused-ring (bicyclic) bond motifs is 1. The van der Waals surface area contributed by atoms with Gasteiger partial charge >= 0.3 is 23.9 Å². The van der Waals surface area contributed by atoms with E-state index in [0.29, 0.717) is 24.0 Å². The molecule has 1 aliphatic heterocycles. The Labute approximate surface area is 330 Å². The van der Waals surface area contributed by atoms with Crippen LogP contribution in [-0.4, -0.2) is 104 Å². The molecule has 0 aromatic heterocycles. The number of carbonyl (C=O) groups excluding carboxylic acids is 2. The molecule has 1 aliphatic rings. The van der Waals surface area contributed by atoms with Crippen molar-refractivity contribution in [1.29, 1.82) is 0 Å².